The highest BCUT2D eigenvalue weighted by molar-refractivity contribution is 5.89. The average Bonchev–Trinajstić information content (AvgIpc) is 2.99. The van der Waals surface area contributed by atoms with E-state index in [1.807, 2.05) is 30.5 Å². The third-order valence-electron chi connectivity index (χ3n) is 3.66. The molecule has 0 unspecified atom stereocenters. The van der Waals surface area contributed by atoms with Gasteiger partial charge in [0, 0.05) is 23.5 Å². The number of rotatable bonds is 5. The summed E-state index contributed by atoms with van der Waals surface area (Å²) < 4.78 is 10.0. The number of hydrogen-bond donors (Lipinski definition) is 2. The van der Waals surface area contributed by atoms with Crippen LogP contribution in [0.25, 0.3) is 10.9 Å². The van der Waals surface area contributed by atoms with Crippen molar-refractivity contribution in [3.05, 3.63) is 57.8 Å². The Morgan fingerprint density at radius 1 is 1.29 bits per heavy atom. The summed E-state index contributed by atoms with van der Waals surface area (Å²) in [5, 5.41) is 1.02. The molecule has 0 saturated carbocycles. The average molecular weight is 327 g/mol. The molecule has 2 aromatic heterocycles. The van der Waals surface area contributed by atoms with Crippen LogP contribution in [0, 0.1) is 0 Å². The molecule has 7 heteroatoms. The van der Waals surface area contributed by atoms with Crippen LogP contribution in [0.5, 0.6) is 5.88 Å². The molecule has 124 valence electrons. The van der Waals surface area contributed by atoms with Crippen LogP contribution in [0.4, 0.5) is 0 Å². The van der Waals surface area contributed by atoms with Crippen molar-refractivity contribution in [2.24, 2.45) is 0 Å². The monoisotopic (exact) mass is 327 g/mol. The summed E-state index contributed by atoms with van der Waals surface area (Å²) in [6.45, 7) is 1.88. The normalized spacial score (nSPS) is 10.8. The zero-order valence-electron chi connectivity index (χ0n) is 13.4. The minimum Gasteiger partial charge on any atom is -0.479 e. The van der Waals surface area contributed by atoms with E-state index in [1.165, 1.54) is 7.11 Å². The van der Waals surface area contributed by atoms with Crippen molar-refractivity contribution in [2.45, 2.75) is 13.3 Å². The first-order chi connectivity index (χ1) is 11.6. The van der Waals surface area contributed by atoms with Gasteiger partial charge in [0.15, 0.2) is 5.69 Å². The number of carbonyl (C=O) groups is 1. The molecule has 7 nitrogen and oxygen atoms in total. The SMILES string of the molecule is CCOC(=O)c1[nH]c(=O)c(Cc2c[nH]c3ccccc23)nc1OC. The fourth-order valence-electron chi connectivity index (χ4n) is 2.54. The quantitative estimate of drug-likeness (QED) is 0.699. The molecule has 0 bridgehead atoms. The zero-order valence-corrected chi connectivity index (χ0v) is 13.4. The van der Waals surface area contributed by atoms with Gasteiger partial charge in [0.1, 0.15) is 5.69 Å². The molecule has 3 aromatic rings. The van der Waals surface area contributed by atoms with Gasteiger partial charge in [-0.15, -0.1) is 0 Å². The predicted molar refractivity (Wildman–Crippen MR) is 88.5 cm³/mol. The highest BCUT2D eigenvalue weighted by atomic mass is 16.5. The lowest BCUT2D eigenvalue weighted by atomic mass is 10.1. The molecule has 0 aliphatic carbocycles. The molecule has 3 rings (SSSR count). The van der Waals surface area contributed by atoms with E-state index in [2.05, 4.69) is 15.0 Å². The number of para-hydroxylation sites is 1. The van der Waals surface area contributed by atoms with Crippen molar-refractivity contribution in [2.75, 3.05) is 13.7 Å². The highest BCUT2D eigenvalue weighted by Crippen LogP contribution is 2.20. The van der Waals surface area contributed by atoms with Crippen LogP contribution >= 0.6 is 0 Å². The number of aromatic nitrogens is 3. The minimum absolute atomic E-state index is 0.0443. The number of carbonyl (C=O) groups excluding carboxylic acids is 1. The van der Waals surface area contributed by atoms with Gasteiger partial charge < -0.3 is 19.4 Å². The van der Waals surface area contributed by atoms with Gasteiger partial charge in [-0.1, -0.05) is 18.2 Å². The summed E-state index contributed by atoms with van der Waals surface area (Å²) in [7, 11) is 1.39. The number of methoxy groups -OCH3 is 1. The molecule has 0 aliphatic rings. The number of aromatic amines is 2. The van der Waals surface area contributed by atoms with Gasteiger partial charge in [0.2, 0.25) is 5.88 Å². The fourth-order valence-corrected chi connectivity index (χ4v) is 2.54. The number of hydrogen-bond acceptors (Lipinski definition) is 5. The summed E-state index contributed by atoms with van der Waals surface area (Å²) in [6, 6.07) is 7.80. The maximum Gasteiger partial charge on any atom is 0.360 e. The van der Waals surface area contributed by atoms with Crippen LogP contribution in [0.3, 0.4) is 0 Å². The van der Waals surface area contributed by atoms with E-state index >= 15 is 0 Å². The van der Waals surface area contributed by atoms with Crippen LogP contribution in [-0.4, -0.2) is 34.6 Å². The van der Waals surface area contributed by atoms with Gasteiger partial charge in [0.05, 0.1) is 13.7 Å². The molecule has 2 N–H and O–H groups in total. The van der Waals surface area contributed by atoms with Gasteiger partial charge in [-0.3, -0.25) is 4.79 Å². The molecule has 0 aliphatic heterocycles. The van der Waals surface area contributed by atoms with E-state index < -0.39 is 11.5 Å². The minimum atomic E-state index is -0.669. The van der Waals surface area contributed by atoms with Gasteiger partial charge >= 0.3 is 5.97 Å². The smallest absolute Gasteiger partial charge is 0.360 e. The standard InChI is InChI=1S/C17H17N3O4/c1-3-24-17(22)14-16(23-2)19-13(15(21)20-14)8-10-9-18-12-7-5-4-6-11(10)12/h4-7,9,18H,3,8H2,1-2H3,(H,20,21). The van der Waals surface area contributed by atoms with Crippen LogP contribution in [0.1, 0.15) is 28.7 Å². The van der Waals surface area contributed by atoms with Crippen LogP contribution in [0.2, 0.25) is 0 Å². The van der Waals surface area contributed by atoms with Crippen molar-refractivity contribution in [3.63, 3.8) is 0 Å². The lowest BCUT2D eigenvalue weighted by Gasteiger charge is -2.08. The predicted octanol–water partition coefficient (Wildman–Crippen LogP) is 2.03. The first-order valence-corrected chi connectivity index (χ1v) is 7.53. The van der Waals surface area contributed by atoms with Crippen LogP contribution < -0.4 is 10.3 Å². The lowest BCUT2D eigenvalue weighted by molar-refractivity contribution is 0.0514. The Morgan fingerprint density at radius 3 is 2.83 bits per heavy atom. The van der Waals surface area contributed by atoms with Gasteiger partial charge in [-0.05, 0) is 18.6 Å². The Balaban J connectivity index is 2.00. The number of nitrogens with one attached hydrogen (secondary N) is 2. The molecule has 0 saturated heterocycles. The van der Waals surface area contributed by atoms with Crippen LogP contribution in [0.15, 0.2) is 35.3 Å². The first kappa shape index (κ1) is 15.8. The molecular weight excluding hydrogens is 310 g/mol. The van der Waals surface area contributed by atoms with E-state index in [1.54, 1.807) is 6.92 Å². The van der Waals surface area contributed by atoms with E-state index in [4.69, 9.17) is 9.47 Å². The summed E-state index contributed by atoms with van der Waals surface area (Å²) >= 11 is 0. The Morgan fingerprint density at radius 2 is 2.08 bits per heavy atom. The first-order valence-electron chi connectivity index (χ1n) is 7.53. The Kier molecular flexibility index (Phi) is 4.33. The third-order valence-corrected chi connectivity index (χ3v) is 3.66. The zero-order chi connectivity index (χ0) is 17.1. The molecule has 0 radical (unpaired) electrons. The molecule has 0 spiro atoms. The van der Waals surface area contributed by atoms with Crippen molar-refractivity contribution < 1.29 is 14.3 Å². The summed E-state index contributed by atoms with van der Waals surface area (Å²) in [5.74, 6) is -0.625. The molecule has 2 heterocycles. The summed E-state index contributed by atoms with van der Waals surface area (Å²) in [4.78, 5) is 34.0. The second-order valence-electron chi connectivity index (χ2n) is 5.15. The maximum absolute atomic E-state index is 12.3. The van der Waals surface area contributed by atoms with E-state index in [-0.39, 0.29) is 23.9 Å². The second-order valence-corrected chi connectivity index (χ2v) is 5.15. The molecule has 1 aromatic carbocycles. The van der Waals surface area contributed by atoms with Crippen LogP contribution in [-0.2, 0) is 11.2 Å². The van der Waals surface area contributed by atoms with Crippen molar-refractivity contribution in [1.29, 1.82) is 0 Å². The highest BCUT2D eigenvalue weighted by Gasteiger charge is 2.19. The Hall–Kier alpha value is -3.09. The molecule has 0 atom stereocenters. The fraction of sp³-hybridized carbons (Fsp3) is 0.235. The third kappa shape index (κ3) is 2.88. The van der Waals surface area contributed by atoms with Gasteiger partial charge in [-0.25, -0.2) is 9.78 Å². The van der Waals surface area contributed by atoms with Crippen molar-refractivity contribution in [1.82, 2.24) is 15.0 Å². The molecule has 24 heavy (non-hydrogen) atoms. The molecule has 0 amide bonds. The number of fused-ring (bicyclic) bond motifs is 1. The molecular formula is C17H17N3O4. The number of nitrogens with zero attached hydrogens (tertiary/aromatic N) is 1. The number of ether oxygens (including phenoxy) is 2. The van der Waals surface area contributed by atoms with Crippen molar-refractivity contribution in [3.8, 4) is 5.88 Å². The number of esters is 1. The van der Waals surface area contributed by atoms with E-state index in [9.17, 15) is 9.59 Å². The maximum atomic E-state index is 12.3. The summed E-state index contributed by atoms with van der Waals surface area (Å²) in [5.41, 5.74) is 1.68. The largest absolute Gasteiger partial charge is 0.479 e. The van der Waals surface area contributed by atoms with Gasteiger partial charge in [0.25, 0.3) is 5.56 Å². The van der Waals surface area contributed by atoms with Crippen molar-refractivity contribution >= 4 is 16.9 Å². The van der Waals surface area contributed by atoms with E-state index in [0.29, 0.717) is 6.42 Å². The summed E-state index contributed by atoms with van der Waals surface area (Å²) in [6.07, 6.45) is 2.16. The molecule has 0 fully saturated rings. The number of benzene rings is 1. The van der Waals surface area contributed by atoms with Gasteiger partial charge in [-0.2, -0.15) is 0 Å². The Labute approximate surface area is 137 Å². The lowest BCUT2D eigenvalue weighted by Crippen LogP contribution is -2.22. The topological polar surface area (TPSA) is 97.1 Å². The second kappa shape index (κ2) is 6.57. The Bertz CT molecular complexity index is 942. The number of H-pyrrole nitrogens is 2. The van der Waals surface area contributed by atoms with E-state index in [0.717, 1.165) is 16.5 Å².